The first kappa shape index (κ1) is 22.0. The van der Waals surface area contributed by atoms with Gasteiger partial charge in [-0.25, -0.2) is 0 Å². The third-order valence-corrected chi connectivity index (χ3v) is 6.67. The number of hydrogen-bond acceptors (Lipinski definition) is 4. The van der Waals surface area contributed by atoms with E-state index in [4.69, 9.17) is 9.47 Å². The molecule has 1 saturated carbocycles. The summed E-state index contributed by atoms with van der Waals surface area (Å²) in [5.41, 5.74) is 2.17. The Bertz CT molecular complexity index is 760. The molecule has 1 aliphatic carbocycles. The molecule has 5 nitrogen and oxygen atoms in total. The molecule has 2 aromatic rings. The molecule has 1 saturated heterocycles. The first-order valence-corrected chi connectivity index (χ1v) is 11.6. The second kappa shape index (κ2) is 10.9. The summed E-state index contributed by atoms with van der Waals surface area (Å²) in [7, 11) is 0. The van der Waals surface area contributed by atoms with Gasteiger partial charge in [0, 0.05) is 25.2 Å². The Morgan fingerprint density at radius 3 is 2.10 bits per heavy atom. The van der Waals surface area contributed by atoms with Crippen molar-refractivity contribution in [2.45, 2.75) is 43.7 Å². The Hall–Kier alpha value is -2.21. The molecule has 0 aromatic heterocycles. The molecule has 2 aromatic carbocycles. The van der Waals surface area contributed by atoms with Crippen molar-refractivity contribution in [3.05, 3.63) is 71.8 Å². The Balaban J connectivity index is 1.37. The molecular formula is C26H34N2O3. The lowest BCUT2D eigenvalue weighted by Gasteiger charge is -2.48. The minimum absolute atomic E-state index is 0.0462. The summed E-state index contributed by atoms with van der Waals surface area (Å²) in [6, 6.07) is 20.2. The Labute approximate surface area is 185 Å². The number of benzene rings is 2. The largest absolute Gasteiger partial charge is 0.379 e. The quantitative estimate of drug-likeness (QED) is 0.700. The van der Waals surface area contributed by atoms with Gasteiger partial charge in [-0.2, -0.15) is 0 Å². The van der Waals surface area contributed by atoms with Crippen LogP contribution in [-0.2, 0) is 14.3 Å². The lowest BCUT2D eigenvalue weighted by atomic mass is 9.79. The number of morpholine rings is 1. The van der Waals surface area contributed by atoms with Crippen LogP contribution in [0.3, 0.4) is 0 Å². The molecule has 1 heterocycles. The van der Waals surface area contributed by atoms with Gasteiger partial charge in [0.25, 0.3) is 0 Å². The molecule has 2 aliphatic rings. The molecule has 2 fully saturated rings. The van der Waals surface area contributed by atoms with Gasteiger partial charge < -0.3 is 14.8 Å². The second-order valence-corrected chi connectivity index (χ2v) is 8.67. The standard InChI is InChI=1S/C26H34N2O3/c29-24(27-21-26(14-8-3-9-15-26)28-16-18-30-19-17-28)20-31-25(22-10-4-1-5-11-22)23-12-6-2-7-13-23/h1-2,4-7,10-13,25H,3,8-9,14-21H2,(H,27,29). The highest BCUT2D eigenvalue weighted by Gasteiger charge is 2.38. The van der Waals surface area contributed by atoms with E-state index in [1.54, 1.807) is 0 Å². The molecule has 31 heavy (non-hydrogen) atoms. The fraction of sp³-hybridized carbons (Fsp3) is 0.500. The number of ether oxygens (including phenoxy) is 2. The third kappa shape index (κ3) is 5.73. The van der Waals surface area contributed by atoms with Gasteiger partial charge in [-0.05, 0) is 24.0 Å². The van der Waals surface area contributed by atoms with Gasteiger partial charge in [0.2, 0.25) is 5.91 Å². The highest BCUT2D eigenvalue weighted by atomic mass is 16.5. The monoisotopic (exact) mass is 422 g/mol. The van der Waals surface area contributed by atoms with Crippen molar-refractivity contribution in [1.82, 2.24) is 10.2 Å². The lowest BCUT2D eigenvalue weighted by Crippen LogP contribution is -2.59. The summed E-state index contributed by atoms with van der Waals surface area (Å²) in [6.45, 7) is 4.22. The molecule has 1 N–H and O–H groups in total. The lowest BCUT2D eigenvalue weighted by molar-refractivity contribution is -0.128. The Morgan fingerprint density at radius 2 is 1.52 bits per heavy atom. The maximum atomic E-state index is 12.8. The van der Waals surface area contributed by atoms with E-state index in [2.05, 4.69) is 10.2 Å². The van der Waals surface area contributed by atoms with E-state index in [-0.39, 0.29) is 24.2 Å². The third-order valence-electron chi connectivity index (χ3n) is 6.67. The number of nitrogens with zero attached hydrogens (tertiary/aromatic N) is 1. The minimum atomic E-state index is -0.254. The van der Waals surface area contributed by atoms with Gasteiger partial charge in [0.1, 0.15) is 12.7 Å². The van der Waals surface area contributed by atoms with Crippen molar-refractivity contribution in [1.29, 1.82) is 0 Å². The summed E-state index contributed by atoms with van der Waals surface area (Å²) in [5, 5.41) is 3.20. The molecule has 0 bridgehead atoms. The van der Waals surface area contributed by atoms with E-state index in [0.29, 0.717) is 6.54 Å². The van der Waals surface area contributed by atoms with Crippen LogP contribution in [0.1, 0.15) is 49.3 Å². The summed E-state index contributed by atoms with van der Waals surface area (Å²) in [6.07, 6.45) is 5.78. The summed E-state index contributed by atoms with van der Waals surface area (Å²) in [4.78, 5) is 15.3. The van der Waals surface area contributed by atoms with Gasteiger partial charge >= 0.3 is 0 Å². The van der Waals surface area contributed by atoms with Crippen LogP contribution in [0.4, 0.5) is 0 Å². The van der Waals surface area contributed by atoms with Gasteiger partial charge in [0.05, 0.1) is 13.2 Å². The zero-order valence-corrected chi connectivity index (χ0v) is 18.3. The van der Waals surface area contributed by atoms with E-state index in [9.17, 15) is 4.79 Å². The van der Waals surface area contributed by atoms with Gasteiger partial charge in [-0.3, -0.25) is 9.69 Å². The topological polar surface area (TPSA) is 50.8 Å². The highest BCUT2D eigenvalue weighted by Crippen LogP contribution is 2.34. The number of carbonyl (C=O) groups is 1. The fourth-order valence-corrected chi connectivity index (χ4v) is 4.97. The van der Waals surface area contributed by atoms with Crippen LogP contribution in [-0.4, -0.2) is 55.8 Å². The Morgan fingerprint density at radius 1 is 0.935 bits per heavy atom. The molecule has 0 atom stereocenters. The molecule has 1 amide bonds. The van der Waals surface area contributed by atoms with Crippen LogP contribution in [0, 0.1) is 0 Å². The Kier molecular flexibility index (Phi) is 7.73. The predicted molar refractivity (Wildman–Crippen MR) is 122 cm³/mol. The summed E-state index contributed by atoms with van der Waals surface area (Å²) >= 11 is 0. The molecule has 5 heteroatoms. The number of nitrogens with one attached hydrogen (secondary N) is 1. The van der Waals surface area contributed by atoms with E-state index >= 15 is 0 Å². The zero-order chi connectivity index (χ0) is 21.4. The van der Waals surface area contributed by atoms with Crippen LogP contribution in [0.15, 0.2) is 60.7 Å². The summed E-state index contributed by atoms with van der Waals surface area (Å²) < 4.78 is 11.7. The van der Waals surface area contributed by atoms with Gasteiger partial charge in [-0.1, -0.05) is 79.9 Å². The maximum Gasteiger partial charge on any atom is 0.246 e. The van der Waals surface area contributed by atoms with Crippen molar-refractivity contribution < 1.29 is 14.3 Å². The second-order valence-electron chi connectivity index (χ2n) is 8.67. The normalized spacial score (nSPS) is 19.3. The maximum absolute atomic E-state index is 12.8. The van der Waals surface area contributed by atoms with Gasteiger partial charge in [-0.15, -0.1) is 0 Å². The van der Waals surface area contributed by atoms with Crippen LogP contribution in [0.5, 0.6) is 0 Å². The summed E-state index contributed by atoms with van der Waals surface area (Å²) in [5.74, 6) is -0.0462. The minimum Gasteiger partial charge on any atom is -0.379 e. The van der Waals surface area contributed by atoms with Crippen molar-refractivity contribution in [3.8, 4) is 0 Å². The van der Waals surface area contributed by atoms with Gasteiger partial charge in [0.15, 0.2) is 0 Å². The van der Waals surface area contributed by atoms with E-state index in [1.807, 2.05) is 60.7 Å². The van der Waals surface area contributed by atoms with E-state index in [1.165, 1.54) is 19.3 Å². The highest BCUT2D eigenvalue weighted by molar-refractivity contribution is 5.77. The predicted octanol–water partition coefficient (Wildman–Crippen LogP) is 3.94. The first-order chi connectivity index (χ1) is 15.3. The average molecular weight is 423 g/mol. The molecule has 1 aliphatic heterocycles. The number of carbonyl (C=O) groups excluding carboxylic acids is 1. The van der Waals surface area contributed by atoms with Crippen molar-refractivity contribution >= 4 is 5.91 Å². The van der Waals surface area contributed by atoms with Crippen LogP contribution < -0.4 is 5.32 Å². The molecule has 0 spiro atoms. The number of hydrogen-bond donors (Lipinski definition) is 1. The molecule has 4 rings (SSSR count). The smallest absolute Gasteiger partial charge is 0.246 e. The zero-order valence-electron chi connectivity index (χ0n) is 18.3. The van der Waals surface area contributed by atoms with Crippen LogP contribution >= 0.6 is 0 Å². The first-order valence-electron chi connectivity index (χ1n) is 11.6. The van der Waals surface area contributed by atoms with E-state index < -0.39 is 0 Å². The molecule has 0 unspecified atom stereocenters. The molecular weight excluding hydrogens is 388 g/mol. The molecule has 166 valence electrons. The van der Waals surface area contributed by atoms with Crippen LogP contribution in [0.2, 0.25) is 0 Å². The average Bonchev–Trinajstić information content (AvgIpc) is 2.85. The number of amides is 1. The SMILES string of the molecule is O=C(COC(c1ccccc1)c1ccccc1)NCC1(N2CCOCC2)CCCCC1. The van der Waals surface area contributed by atoms with Crippen molar-refractivity contribution in [2.75, 3.05) is 39.5 Å². The van der Waals surface area contributed by atoms with Crippen LogP contribution in [0.25, 0.3) is 0 Å². The van der Waals surface area contributed by atoms with Crippen molar-refractivity contribution in [2.24, 2.45) is 0 Å². The van der Waals surface area contributed by atoms with E-state index in [0.717, 1.165) is 50.3 Å². The van der Waals surface area contributed by atoms with Crippen molar-refractivity contribution in [3.63, 3.8) is 0 Å². The number of rotatable bonds is 8. The fourth-order valence-electron chi connectivity index (χ4n) is 4.97. The molecule has 0 radical (unpaired) electrons.